The van der Waals surface area contributed by atoms with Crippen LogP contribution in [-0.4, -0.2) is 49.6 Å². The van der Waals surface area contributed by atoms with E-state index < -0.39 is 0 Å². The maximum Gasteiger partial charge on any atom is 0.0722 e. The van der Waals surface area contributed by atoms with Crippen molar-refractivity contribution < 1.29 is 0 Å². The van der Waals surface area contributed by atoms with Crippen LogP contribution in [0.25, 0.3) is 0 Å². The van der Waals surface area contributed by atoms with Gasteiger partial charge in [0.1, 0.15) is 0 Å². The van der Waals surface area contributed by atoms with Crippen LogP contribution in [0.2, 0.25) is 0 Å². The van der Waals surface area contributed by atoms with E-state index in [9.17, 15) is 0 Å². The lowest BCUT2D eigenvalue weighted by Gasteiger charge is -2.44. The van der Waals surface area contributed by atoms with Crippen molar-refractivity contribution in [2.75, 3.05) is 28.2 Å². The average molecular weight is 280 g/mol. The van der Waals surface area contributed by atoms with Gasteiger partial charge in [-0.2, -0.15) is 0 Å². The van der Waals surface area contributed by atoms with Gasteiger partial charge in [-0.1, -0.05) is 57.6 Å². The Morgan fingerprint density at radius 1 is 0.900 bits per heavy atom. The lowest BCUT2D eigenvalue weighted by Crippen LogP contribution is -2.56. The fraction of sp³-hybridized carbons (Fsp3) is 0.778. The highest BCUT2D eigenvalue weighted by Crippen LogP contribution is 2.27. The Morgan fingerprint density at radius 3 is 1.80 bits per heavy atom. The van der Waals surface area contributed by atoms with E-state index in [1.807, 2.05) is 12.2 Å². The van der Waals surface area contributed by atoms with Crippen molar-refractivity contribution in [1.82, 2.24) is 9.80 Å². The monoisotopic (exact) mass is 280 g/mol. The number of nitrogens with zero attached hydrogens (tertiary/aromatic N) is 2. The number of unbranched alkanes of at least 4 members (excludes halogenated alkanes) is 5. The zero-order valence-electron chi connectivity index (χ0n) is 14.5. The quantitative estimate of drug-likeness (QED) is 0.387. The fourth-order valence-electron chi connectivity index (χ4n) is 3.04. The Kier molecular flexibility index (Phi) is 9.87. The minimum atomic E-state index is -0.146. The van der Waals surface area contributed by atoms with E-state index in [0.29, 0.717) is 6.04 Å². The molecule has 0 fully saturated rings. The van der Waals surface area contributed by atoms with Crippen molar-refractivity contribution >= 4 is 0 Å². The van der Waals surface area contributed by atoms with E-state index >= 15 is 0 Å². The van der Waals surface area contributed by atoms with Gasteiger partial charge >= 0.3 is 0 Å². The molecule has 0 bridgehead atoms. The van der Waals surface area contributed by atoms with Gasteiger partial charge in [0.2, 0.25) is 0 Å². The highest BCUT2D eigenvalue weighted by Gasteiger charge is 2.36. The van der Waals surface area contributed by atoms with Crippen molar-refractivity contribution in [2.45, 2.75) is 63.5 Å². The number of hydrogen-bond donors (Lipinski definition) is 0. The van der Waals surface area contributed by atoms with E-state index in [1.54, 1.807) is 0 Å². The predicted molar refractivity (Wildman–Crippen MR) is 92.3 cm³/mol. The van der Waals surface area contributed by atoms with Gasteiger partial charge in [-0.15, -0.1) is 13.2 Å². The third-order valence-corrected chi connectivity index (χ3v) is 4.42. The molecule has 0 aromatic rings. The molecule has 2 heteroatoms. The van der Waals surface area contributed by atoms with Crippen LogP contribution in [0.1, 0.15) is 51.9 Å². The molecule has 0 heterocycles. The zero-order chi connectivity index (χ0) is 15.6. The molecule has 0 aromatic carbocycles. The van der Waals surface area contributed by atoms with Crippen molar-refractivity contribution in [1.29, 1.82) is 0 Å². The summed E-state index contributed by atoms with van der Waals surface area (Å²) in [6.07, 6.45) is 13.3. The molecule has 1 unspecified atom stereocenters. The van der Waals surface area contributed by atoms with Gasteiger partial charge in [0.05, 0.1) is 5.54 Å². The molecule has 20 heavy (non-hydrogen) atoms. The van der Waals surface area contributed by atoms with Crippen LogP contribution in [0, 0.1) is 0 Å². The minimum Gasteiger partial charge on any atom is -0.304 e. The maximum atomic E-state index is 4.06. The van der Waals surface area contributed by atoms with Gasteiger partial charge in [-0.3, -0.25) is 4.90 Å². The standard InChI is InChI=1S/C18H36N2/c1-8-11-12-13-14-15-16-17(19(4)5)18(9-2,10-3)20(6)7/h9-10,17H,2-3,8,11-16H2,1,4-7H3. The molecule has 118 valence electrons. The Balaban J connectivity index is 4.55. The van der Waals surface area contributed by atoms with Crippen molar-refractivity contribution in [3.63, 3.8) is 0 Å². The van der Waals surface area contributed by atoms with Gasteiger partial charge in [0.25, 0.3) is 0 Å². The lowest BCUT2D eigenvalue weighted by molar-refractivity contribution is 0.117. The smallest absolute Gasteiger partial charge is 0.0722 e. The van der Waals surface area contributed by atoms with E-state index in [1.165, 1.54) is 44.9 Å². The molecule has 0 aliphatic rings. The maximum absolute atomic E-state index is 4.06. The number of rotatable bonds is 12. The van der Waals surface area contributed by atoms with Crippen molar-refractivity contribution in [3.8, 4) is 0 Å². The van der Waals surface area contributed by atoms with E-state index in [-0.39, 0.29) is 5.54 Å². The molecule has 2 nitrogen and oxygen atoms in total. The van der Waals surface area contributed by atoms with Gasteiger partial charge in [-0.05, 0) is 34.6 Å². The number of likely N-dealkylation sites (N-methyl/N-ethyl adjacent to an activating group) is 2. The summed E-state index contributed by atoms with van der Waals surface area (Å²) in [5.41, 5.74) is -0.146. The third-order valence-electron chi connectivity index (χ3n) is 4.42. The van der Waals surface area contributed by atoms with Crippen molar-refractivity contribution in [3.05, 3.63) is 25.3 Å². The molecule has 0 saturated heterocycles. The summed E-state index contributed by atoms with van der Waals surface area (Å²) >= 11 is 0. The zero-order valence-corrected chi connectivity index (χ0v) is 14.5. The van der Waals surface area contributed by atoms with Crippen LogP contribution >= 0.6 is 0 Å². The predicted octanol–water partition coefficient (Wildman–Crippen LogP) is 4.34. The second-order valence-electron chi connectivity index (χ2n) is 6.23. The molecule has 0 radical (unpaired) electrons. The first-order valence-electron chi connectivity index (χ1n) is 8.07. The third kappa shape index (κ3) is 5.41. The van der Waals surface area contributed by atoms with Gasteiger partial charge < -0.3 is 4.90 Å². The molecule has 0 saturated carbocycles. The molecule has 0 aliphatic carbocycles. The molecule has 0 aliphatic heterocycles. The second kappa shape index (κ2) is 10.2. The van der Waals surface area contributed by atoms with Crippen LogP contribution in [0.4, 0.5) is 0 Å². The highest BCUT2D eigenvalue weighted by atomic mass is 15.2. The van der Waals surface area contributed by atoms with E-state index in [4.69, 9.17) is 0 Å². The molecular weight excluding hydrogens is 244 g/mol. The summed E-state index contributed by atoms with van der Waals surface area (Å²) < 4.78 is 0. The molecule has 0 aromatic heterocycles. The molecule has 1 atom stereocenters. The lowest BCUT2D eigenvalue weighted by atomic mass is 9.84. The number of hydrogen-bond acceptors (Lipinski definition) is 2. The largest absolute Gasteiger partial charge is 0.304 e. The summed E-state index contributed by atoms with van der Waals surface area (Å²) in [6.45, 7) is 10.4. The van der Waals surface area contributed by atoms with Gasteiger partial charge in [-0.25, -0.2) is 0 Å². The van der Waals surface area contributed by atoms with Crippen molar-refractivity contribution in [2.24, 2.45) is 0 Å². The van der Waals surface area contributed by atoms with Crippen LogP contribution < -0.4 is 0 Å². The Hall–Kier alpha value is -0.600. The van der Waals surface area contributed by atoms with Crippen LogP contribution in [0.5, 0.6) is 0 Å². The Bertz CT molecular complexity index is 261. The summed E-state index contributed by atoms with van der Waals surface area (Å²) in [5.74, 6) is 0. The molecule has 0 amide bonds. The molecule has 0 N–H and O–H groups in total. The molecule has 0 rings (SSSR count). The van der Waals surface area contributed by atoms with Crippen LogP contribution in [-0.2, 0) is 0 Å². The molecule has 0 spiro atoms. The molecular formula is C18H36N2. The first kappa shape index (κ1) is 19.4. The summed E-state index contributed by atoms with van der Waals surface area (Å²) in [7, 11) is 8.54. The van der Waals surface area contributed by atoms with E-state index in [2.05, 4.69) is 58.1 Å². The average Bonchev–Trinajstić information content (AvgIpc) is 2.41. The van der Waals surface area contributed by atoms with E-state index in [0.717, 1.165) is 0 Å². The Morgan fingerprint density at radius 2 is 1.40 bits per heavy atom. The first-order valence-corrected chi connectivity index (χ1v) is 8.07. The second-order valence-corrected chi connectivity index (χ2v) is 6.23. The topological polar surface area (TPSA) is 6.48 Å². The summed E-state index contributed by atoms with van der Waals surface area (Å²) in [4.78, 5) is 4.55. The normalized spacial score (nSPS) is 13.8. The SMILES string of the molecule is C=CC(C=C)(C(CCCCCCCC)N(C)C)N(C)C. The first-order chi connectivity index (χ1) is 9.46. The van der Waals surface area contributed by atoms with Crippen LogP contribution in [0.3, 0.4) is 0 Å². The summed E-state index contributed by atoms with van der Waals surface area (Å²) in [6, 6.07) is 0.429. The van der Waals surface area contributed by atoms with Gasteiger partial charge in [0, 0.05) is 6.04 Å². The minimum absolute atomic E-state index is 0.146. The Labute approximate surface area is 127 Å². The summed E-state index contributed by atoms with van der Waals surface area (Å²) in [5, 5.41) is 0. The van der Waals surface area contributed by atoms with Crippen LogP contribution in [0.15, 0.2) is 25.3 Å². The fourth-order valence-corrected chi connectivity index (χ4v) is 3.04. The van der Waals surface area contributed by atoms with Gasteiger partial charge in [0.15, 0.2) is 0 Å². The highest BCUT2D eigenvalue weighted by molar-refractivity contribution is 5.20.